The van der Waals surface area contributed by atoms with Crippen molar-refractivity contribution in [3.63, 3.8) is 0 Å². The second-order valence-corrected chi connectivity index (χ2v) is 8.39. The van der Waals surface area contributed by atoms with Gasteiger partial charge in [-0.2, -0.15) is 0 Å². The van der Waals surface area contributed by atoms with E-state index in [1.165, 1.54) is 34.2 Å². The van der Waals surface area contributed by atoms with Gasteiger partial charge in [-0.1, -0.05) is 40.4 Å². The Morgan fingerprint density at radius 1 is 1.27 bits per heavy atom. The Kier molecular flexibility index (Phi) is 5.58. The van der Waals surface area contributed by atoms with Crippen LogP contribution in [0.2, 0.25) is 0 Å². The third kappa shape index (κ3) is 4.41. The van der Waals surface area contributed by atoms with E-state index in [4.69, 9.17) is 4.52 Å². The van der Waals surface area contributed by atoms with Crippen molar-refractivity contribution >= 4 is 45.7 Å². The van der Waals surface area contributed by atoms with Crippen LogP contribution in [0.1, 0.15) is 23.7 Å². The molecule has 2 aromatic heterocycles. The van der Waals surface area contributed by atoms with E-state index in [-0.39, 0.29) is 11.2 Å². The van der Waals surface area contributed by atoms with Crippen LogP contribution in [0.5, 0.6) is 0 Å². The summed E-state index contributed by atoms with van der Waals surface area (Å²) in [7, 11) is 0. The fourth-order valence-electron chi connectivity index (χ4n) is 2.16. The van der Waals surface area contributed by atoms with Crippen molar-refractivity contribution in [1.82, 2.24) is 15.4 Å². The number of nitrogens with one attached hydrogen (secondary N) is 2. The molecule has 0 saturated heterocycles. The van der Waals surface area contributed by atoms with Crippen molar-refractivity contribution < 1.29 is 9.32 Å². The first-order valence-electron chi connectivity index (χ1n) is 8.00. The lowest BCUT2D eigenvalue weighted by atomic mass is 10.1. The number of hydrogen-bond donors (Lipinski definition) is 2. The topological polar surface area (TPSA) is 92.9 Å². The SMILES string of the molecule is Cc1cc(NC(=O)C(C)Sc2nnc(Nc3cccc(C)c3C)s2)on1. The van der Waals surface area contributed by atoms with Crippen molar-refractivity contribution in [2.45, 2.75) is 37.3 Å². The third-order valence-electron chi connectivity index (χ3n) is 3.77. The number of aromatic nitrogens is 3. The van der Waals surface area contributed by atoms with Gasteiger partial charge in [0.2, 0.25) is 16.9 Å². The van der Waals surface area contributed by atoms with E-state index in [0.717, 1.165) is 5.69 Å². The summed E-state index contributed by atoms with van der Waals surface area (Å²) < 4.78 is 5.72. The van der Waals surface area contributed by atoms with Crippen LogP contribution in [-0.2, 0) is 4.79 Å². The molecule has 3 aromatic rings. The Bertz CT molecular complexity index is 922. The number of hydrogen-bond acceptors (Lipinski definition) is 8. The van der Waals surface area contributed by atoms with Gasteiger partial charge in [0.15, 0.2) is 4.34 Å². The highest BCUT2D eigenvalue weighted by molar-refractivity contribution is 8.02. The van der Waals surface area contributed by atoms with E-state index in [2.05, 4.69) is 45.9 Å². The van der Waals surface area contributed by atoms with Gasteiger partial charge < -0.3 is 9.84 Å². The molecule has 0 aliphatic heterocycles. The molecule has 3 rings (SSSR count). The van der Waals surface area contributed by atoms with Crippen molar-refractivity contribution in [2.24, 2.45) is 0 Å². The zero-order chi connectivity index (χ0) is 18.7. The highest BCUT2D eigenvalue weighted by atomic mass is 32.2. The number of nitrogens with zero attached hydrogens (tertiary/aromatic N) is 3. The maximum Gasteiger partial charge on any atom is 0.240 e. The van der Waals surface area contributed by atoms with E-state index in [0.29, 0.717) is 21.0 Å². The lowest BCUT2D eigenvalue weighted by Crippen LogP contribution is -2.22. The molecule has 9 heteroatoms. The van der Waals surface area contributed by atoms with Crippen LogP contribution in [0.3, 0.4) is 0 Å². The van der Waals surface area contributed by atoms with E-state index in [9.17, 15) is 4.79 Å². The summed E-state index contributed by atoms with van der Waals surface area (Å²) in [6.45, 7) is 7.73. The predicted molar refractivity (Wildman–Crippen MR) is 104 cm³/mol. The molecule has 0 bridgehead atoms. The third-order valence-corrected chi connectivity index (χ3v) is 5.80. The Morgan fingerprint density at radius 3 is 2.81 bits per heavy atom. The minimum atomic E-state index is -0.345. The predicted octanol–water partition coefficient (Wildman–Crippen LogP) is 4.31. The fraction of sp³-hybridized carbons (Fsp3) is 0.294. The quantitative estimate of drug-likeness (QED) is 0.607. The average molecular weight is 390 g/mol. The molecule has 7 nitrogen and oxygen atoms in total. The zero-order valence-electron chi connectivity index (χ0n) is 14.9. The molecule has 0 fully saturated rings. The highest BCUT2D eigenvalue weighted by Gasteiger charge is 2.19. The van der Waals surface area contributed by atoms with Gasteiger partial charge in [0, 0.05) is 11.8 Å². The van der Waals surface area contributed by atoms with Gasteiger partial charge in [0.25, 0.3) is 0 Å². The number of thioether (sulfide) groups is 1. The molecule has 1 aromatic carbocycles. The van der Waals surface area contributed by atoms with E-state index in [1.807, 2.05) is 19.1 Å². The van der Waals surface area contributed by atoms with Gasteiger partial charge in [-0.05, 0) is 44.9 Å². The molecule has 0 radical (unpaired) electrons. The first kappa shape index (κ1) is 18.4. The summed E-state index contributed by atoms with van der Waals surface area (Å²) in [6, 6.07) is 7.75. The van der Waals surface area contributed by atoms with Crippen molar-refractivity contribution in [3.05, 3.63) is 41.1 Å². The van der Waals surface area contributed by atoms with Crippen LogP contribution in [0.25, 0.3) is 0 Å². The van der Waals surface area contributed by atoms with Crippen LogP contribution >= 0.6 is 23.1 Å². The number of aryl methyl sites for hydroxylation is 2. The first-order chi connectivity index (χ1) is 12.4. The highest BCUT2D eigenvalue weighted by Crippen LogP contribution is 2.31. The molecular weight excluding hydrogens is 370 g/mol. The van der Waals surface area contributed by atoms with Crippen LogP contribution in [0.15, 0.2) is 33.1 Å². The number of carbonyl (C=O) groups excluding carboxylic acids is 1. The van der Waals surface area contributed by atoms with Crippen molar-refractivity contribution in [3.8, 4) is 0 Å². The average Bonchev–Trinajstić information content (AvgIpc) is 3.20. The number of anilines is 3. The molecule has 1 amide bonds. The number of rotatable bonds is 6. The molecule has 1 unspecified atom stereocenters. The van der Waals surface area contributed by atoms with Gasteiger partial charge in [-0.25, -0.2) is 0 Å². The molecule has 0 saturated carbocycles. The minimum absolute atomic E-state index is 0.176. The number of carbonyl (C=O) groups is 1. The minimum Gasteiger partial charge on any atom is -0.338 e. The second-order valence-electron chi connectivity index (χ2n) is 5.83. The van der Waals surface area contributed by atoms with E-state index >= 15 is 0 Å². The normalized spacial score (nSPS) is 12.0. The van der Waals surface area contributed by atoms with Crippen molar-refractivity contribution in [2.75, 3.05) is 10.6 Å². The Balaban J connectivity index is 1.60. The maximum atomic E-state index is 12.2. The Hall–Kier alpha value is -2.39. The van der Waals surface area contributed by atoms with E-state index in [1.54, 1.807) is 13.0 Å². The monoisotopic (exact) mass is 389 g/mol. The molecule has 0 aliphatic rings. The van der Waals surface area contributed by atoms with Gasteiger partial charge in [0.1, 0.15) is 0 Å². The Morgan fingerprint density at radius 2 is 2.08 bits per heavy atom. The molecule has 0 aliphatic carbocycles. The van der Waals surface area contributed by atoms with Gasteiger partial charge in [0.05, 0.1) is 10.9 Å². The summed E-state index contributed by atoms with van der Waals surface area (Å²) in [6.07, 6.45) is 0. The molecule has 2 N–H and O–H groups in total. The summed E-state index contributed by atoms with van der Waals surface area (Å²) >= 11 is 2.76. The van der Waals surface area contributed by atoms with Crippen molar-refractivity contribution in [1.29, 1.82) is 0 Å². The summed E-state index contributed by atoms with van der Waals surface area (Å²) in [4.78, 5) is 12.2. The van der Waals surface area contributed by atoms with Gasteiger partial charge in [-0.15, -0.1) is 10.2 Å². The second kappa shape index (κ2) is 7.88. The first-order valence-corrected chi connectivity index (χ1v) is 9.69. The zero-order valence-corrected chi connectivity index (χ0v) is 16.5. The summed E-state index contributed by atoms with van der Waals surface area (Å²) in [5, 5.41) is 18.4. The molecule has 1 atom stereocenters. The van der Waals surface area contributed by atoms with Gasteiger partial charge in [-0.3, -0.25) is 10.1 Å². The van der Waals surface area contributed by atoms with Crippen LogP contribution in [0.4, 0.5) is 16.7 Å². The summed E-state index contributed by atoms with van der Waals surface area (Å²) in [5.41, 5.74) is 4.10. The van der Waals surface area contributed by atoms with Crippen LogP contribution in [0, 0.1) is 20.8 Å². The standard InChI is InChI=1S/C17H19N5O2S2/c1-9-6-5-7-13(11(9)3)18-16-20-21-17(26-16)25-12(4)15(23)19-14-8-10(2)22-24-14/h5-8,12H,1-4H3,(H,18,20)(H,19,23). The lowest BCUT2D eigenvalue weighted by Gasteiger charge is -2.08. The van der Waals surface area contributed by atoms with Crippen LogP contribution in [-0.4, -0.2) is 26.5 Å². The molecule has 0 spiro atoms. The smallest absolute Gasteiger partial charge is 0.240 e. The largest absolute Gasteiger partial charge is 0.338 e. The maximum absolute atomic E-state index is 12.2. The fourth-order valence-corrected chi connectivity index (χ4v) is 4.07. The molecule has 136 valence electrons. The summed E-state index contributed by atoms with van der Waals surface area (Å²) in [5.74, 6) is 0.167. The van der Waals surface area contributed by atoms with Crippen LogP contribution < -0.4 is 10.6 Å². The Labute approximate surface area is 159 Å². The van der Waals surface area contributed by atoms with E-state index < -0.39 is 0 Å². The number of amides is 1. The number of benzene rings is 1. The van der Waals surface area contributed by atoms with Gasteiger partial charge >= 0.3 is 0 Å². The molecule has 26 heavy (non-hydrogen) atoms. The molecular formula is C17H19N5O2S2. The molecule has 2 heterocycles. The lowest BCUT2D eigenvalue weighted by molar-refractivity contribution is -0.115.